The third-order valence-electron chi connectivity index (χ3n) is 4.48. The second kappa shape index (κ2) is 7.48. The van der Waals surface area contributed by atoms with Crippen molar-refractivity contribution >= 4 is 17.5 Å². The molecule has 1 heterocycles. The first-order chi connectivity index (χ1) is 13.1. The van der Waals surface area contributed by atoms with Gasteiger partial charge in [0.2, 0.25) is 17.7 Å². The van der Waals surface area contributed by atoms with E-state index in [1.807, 2.05) is 12.1 Å². The van der Waals surface area contributed by atoms with Crippen LogP contribution in [0.25, 0.3) is 11.5 Å². The SMILES string of the molecule is O=C(Cc1ccccc1F)N(Cc1nnc(-c2ccccc2Cl)o1)C1CC1. The molecule has 1 aromatic heterocycles. The number of nitrogens with zero attached hydrogens (tertiary/aromatic N) is 3. The minimum absolute atomic E-state index is 0.00861. The minimum atomic E-state index is -0.375. The largest absolute Gasteiger partial charge is 0.419 e. The van der Waals surface area contributed by atoms with Gasteiger partial charge in [-0.05, 0) is 36.6 Å². The van der Waals surface area contributed by atoms with E-state index in [0.717, 1.165) is 12.8 Å². The summed E-state index contributed by atoms with van der Waals surface area (Å²) >= 11 is 6.16. The average molecular weight is 386 g/mol. The van der Waals surface area contributed by atoms with Crippen molar-refractivity contribution in [3.63, 3.8) is 0 Å². The maximum absolute atomic E-state index is 13.9. The van der Waals surface area contributed by atoms with E-state index < -0.39 is 0 Å². The molecule has 0 N–H and O–H groups in total. The third kappa shape index (κ3) is 4.01. The lowest BCUT2D eigenvalue weighted by Crippen LogP contribution is -2.34. The summed E-state index contributed by atoms with van der Waals surface area (Å²) in [6, 6.07) is 13.6. The average Bonchev–Trinajstić information content (AvgIpc) is 3.40. The molecule has 0 unspecified atom stereocenters. The number of halogens is 2. The molecule has 0 spiro atoms. The molecule has 5 nitrogen and oxygen atoms in total. The molecule has 0 aliphatic heterocycles. The van der Waals surface area contributed by atoms with Gasteiger partial charge in [0, 0.05) is 6.04 Å². The maximum atomic E-state index is 13.9. The topological polar surface area (TPSA) is 59.2 Å². The Morgan fingerprint density at radius 2 is 1.89 bits per heavy atom. The quantitative estimate of drug-likeness (QED) is 0.636. The van der Waals surface area contributed by atoms with E-state index in [1.54, 1.807) is 35.2 Å². The molecule has 0 radical (unpaired) electrons. The van der Waals surface area contributed by atoms with Gasteiger partial charge in [-0.25, -0.2) is 4.39 Å². The Morgan fingerprint density at radius 1 is 1.15 bits per heavy atom. The summed E-state index contributed by atoms with van der Waals surface area (Å²) in [7, 11) is 0. The zero-order chi connectivity index (χ0) is 18.8. The first kappa shape index (κ1) is 17.7. The standard InChI is InChI=1S/C20H17ClFN3O2/c21-16-7-3-2-6-15(16)20-24-23-18(27-20)12-25(14-9-10-14)19(26)11-13-5-1-4-8-17(13)22/h1-8,14H,9-12H2. The van der Waals surface area contributed by atoms with Crippen LogP contribution >= 0.6 is 11.6 Å². The van der Waals surface area contributed by atoms with Gasteiger partial charge in [0.05, 0.1) is 23.6 Å². The van der Waals surface area contributed by atoms with E-state index in [1.165, 1.54) is 6.07 Å². The molecule has 0 bridgehead atoms. The molecular formula is C20H17ClFN3O2. The van der Waals surface area contributed by atoms with E-state index in [9.17, 15) is 9.18 Å². The smallest absolute Gasteiger partial charge is 0.249 e. The molecule has 1 aliphatic carbocycles. The van der Waals surface area contributed by atoms with Gasteiger partial charge in [-0.1, -0.05) is 41.9 Å². The van der Waals surface area contributed by atoms with Crippen molar-refractivity contribution in [1.29, 1.82) is 0 Å². The highest BCUT2D eigenvalue weighted by Gasteiger charge is 2.34. The van der Waals surface area contributed by atoms with Crippen molar-refractivity contribution < 1.29 is 13.6 Å². The molecule has 3 aromatic rings. The lowest BCUT2D eigenvalue weighted by molar-refractivity contribution is -0.132. The molecular weight excluding hydrogens is 369 g/mol. The number of benzene rings is 2. The normalized spacial score (nSPS) is 13.6. The number of hydrogen-bond acceptors (Lipinski definition) is 4. The fourth-order valence-corrected chi connectivity index (χ4v) is 3.14. The molecule has 7 heteroatoms. The molecule has 138 valence electrons. The Morgan fingerprint density at radius 3 is 2.63 bits per heavy atom. The van der Waals surface area contributed by atoms with Crippen molar-refractivity contribution in [2.24, 2.45) is 0 Å². The molecule has 4 rings (SSSR count). The number of carbonyl (C=O) groups is 1. The predicted octanol–water partition coefficient (Wildman–Crippen LogP) is 4.26. The van der Waals surface area contributed by atoms with Gasteiger partial charge in [-0.2, -0.15) is 0 Å². The Bertz CT molecular complexity index is 971. The monoisotopic (exact) mass is 385 g/mol. The Labute approximate surface area is 160 Å². The molecule has 27 heavy (non-hydrogen) atoms. The molecule has 2 aromatic carbocycles. The predicted molar refractivity (Wildman–Crippen MR) is 98.4 cm³/mol. The highest BCUT2D eigenvalue weighted by molar-refractivity contribution is 6.33. The second-order valence-electron chi connectivity index (χ2n) is 6.50. The number of hydrogen-bond donors (Lipinski definition) is 0. The number of amides is 1. The van der Waals surface area contributed by atoms with Crippen LogP contribution in [0.5, 0.6) is 0 Å². The summed E-state index contributed by atoms with van der Waals surface area (Å²) in [6.07, 6.45) is 1.86. The van der Waals surface area contributed by atoms with E-state index in [2.05, 4.69) is 10.2 Å². The first-order valence-electron chi connectivity index (χ1n) is 8.72. The van der Waals surface area contributed by atoms with Crippen LogP contribution in [0.2, 0.25) is 5.02 Å². The van der Waals surface area contributed by atoms with Crippen molar-refractivity contribution in [3.05, 3.63) is 70.8 Å². The Balaban J connectivity index is 1.50. The van der Waals surface area contributed by atoms with Crippen LogP contribution in [0.15, 0.2) is 52.9 Å². The van der Waals surface area contributed by atoms with Crippen molar-refractivity contribution in [2.45, 2.75) is 31.8 Å². The maximum Gasteiger partial charge on any atom is 0.249 e. The van der Waals surface area contributed by atoms with Crippen LogP contribution in [0, 0.1) is 5.82 Å². The van der Waals surface area contributed by atoms with Crippen molar-refractivity contribution in [2.75, 3.05) is 0 Å². The van der Waals surface area contributed by atoms with Gasteiger partial charge in [0.15, 0.2) is 0 Å². The lowest BCUT2D eigenvalue weighted by Gasteiger charge is -2.20. The van der Waals surface area contributed by atoms with E-state index in [4.69, 9.17) is 16.0 Å². The summed E-state index contributed by atoms with van der Waals surface area (Å²) in [4.78, 5) is 14.4. The van der Waals surface area contributed by atoms with Crippen LogP contribution < -0.4 is 0 Å². The van der Waals surface area contributed by atoms with Gasteiger partial charge >= 0.3 is 0 Å². The number of rotatable bonds is 6. The lowest BCUT2D eigenvalue weighted by atomic mass is 10.1. The minimum Gasteiger partial charge on any atom is -0.419 e. The molecule has 0 saturated heterocycles. The molecule has 1 saturated carbocycles. The van der Waals surface area contributed by atoms with Gasteiger partial charge < -0.3 is 9.32 Å². The fraction of sp³-hybridized carbons (Fsp3) is 0.250. The van der Waals surface area contributed by atoms with Gasteiger partial charge in [-0.15, -0.1) is 10.2 Å². The van der Waals surface area contributed by atoms with Gasteiger partial charge in [0.1, 0.15) is 5.82 Å². The first-order valence-corrected chi connectivity index (χ1v) is 9.10. The Kier molecular flexibility index (Phi) is 4.90. The van der Waals surface area contributed by atoms with Crippen molar-refractivity contribution in [3.8, 4) is 11.5 Å². The summed E-state index contributed by atoms with van der Waals surface area (Å²) in [5.41, 5.74) is 1.03. The molecule has 1 amide bonds. The van der Waals surface area contributed by atoms with E-state index in [0.29, 0.717) is 27.9 Å². The Hall–Kier alpha value is -2.73. The van der Waals surface area contributed by atoms with E-state index in [-0.39, 0.29) is 30.7 Å². The summed E-state index contributed by atoms with van der Waals surface area (Å²) in [5, 5.41) is 8.60. The molecule has 0 atom stereocenters. The zero-order valence-electron chi connectivity index (χ0n) is 14.4. The third-order valence-corrected chi connectivity index (χ3v) is 4.81. The second-order valence-corrected chi connectivity index (χ2v) is 6.91. The summed E-state index contributed by atoms with van der Waals surface area (Å²) < 4.78 is 19.6. The van der Waals surface area contributed by atoms with Crippen LogP contribution in [-0.2, 0) is 17.8 Å². The van der Waals surface area contributed by atoms with Crippen LogP contribution in [0.3, 0.4) is 0 Å². The fourth-order valence-electron chi connectivity index (χ4n) is 2.92. The van der Waals surface area contributed by atoms with Gasteiger partial charge in [-0.3, -0.25) is 4.79 Å². The van der Waals surface area contributed by atoms with Crippen LogP contribution in [-0.4, -0.2) is 27.0 Å². The van der Waals surface area contributed by atoms with Crippen LogP contribution in [0.4, 0.5) is 4.39 Å². The van der Waals surface area contributed by atoms with Gasteiger partial charge in [0.25, 0.3) is 0 Å². The van der Waals surface area contributed by atoms with Crippen molar-refractivity contribution in [1.82, 2.24) is 15.1 Å². The van der Waals surface area contributed by atoms with Crippen LogP contribution in [0.1, 0.15) is 24.3 Å². The highest BCUT2D eigenvalue weighted by atomic mass is 35.5. The van der Waals surface area contributed by atoms with E-state index >= 15 is 0 Å². The molecule has 1 aliphatic rings. The number of carbonyl (C=O) groups excluding carboxylic acids is 1. The highest BCUT2D eigenvalue weighted by Crippen LogP contribution is 2.30. The zero-order valence-corrected chi connectivity index (χ0v) is 15.2. The summed E-state index contributed by atoms with van der Waals surface area (Å²) in [6.45, 7) is 0.204. The number of aromatic nitrogens is 2. The molecule has 1 fully saturated rings. The summed E-state index contributed by atoms with van der Waals surface area (Å²) in [5.74, 6) is 0.118.